The maximum absolute atomic E-state index is 11.7. The number of carbonyl (C=O) groups is 2. The summed E-state index contributed by atoms with van der Waals surface area (Å²) in [5, 5.41) is 3.11. The molecule has 0 saturated carbocycles. The molecule has 1 amide bonds. The number of anilines is 1. The van der Waals surface area contributed by atoms with Crippen LogP contribution < -0.4 is 11.1 Å². The van der Waals surface area contributed by atoms with E-state index in [0.29, 0.717) is 5.02 Å². The Hall–Kier alpha value is -1.75. The van der Waals surface area contributed by atoms with E-state index >= 15 is 0 Å². The summed E-state index contributed by atoms with van der Waals surface area (Å²) >= 11 is 5.73. The third-order valence-electron chi connectivity index (χ3n) is 2.08. The van der Waals surface area contributed by atoms with Gasteiger partial charge in [-0.25, -0.2) is 4.79 Å². The molecule has 0 aliphatic carbocycles. The van der Waals surface area contributed by atoms with Gasteiger partial charge in [-0.15, -0.1) is 0 Å². The second-order valence-electron chi connectivity index (χ2n) is 5.11. The lowest BCUT2D eigenvalue weighted by Gasteiger charge is -2.20. The van der Waals surface area contributed by atoms with Crippen LogP contribution in [0, 0.1) is 0 Å². The number of nitrogens with one attached hydrogen (secondary N) is 1. The number of rotatable bonds is 3. The molecule has 0 fully saturated rings. The fourth-order valence-corrected chi connectivity index (χ4v) is 1.56. The van der Waals surface area contributed by atoms with E-state index in [9.17, 15) is 9.59 Å². The van der Waals surface area contributed by atoms with Gasteiger partial charge in [0.15, 0.2) is 6.61 Å². The Kier molecular flexibility index (Phi) is 4.78. The molecule has 1 aromatic rings. The second kappa shape index (κ2) is 5.93. The first-order valence-electron chi connectivity index (χ1n) is 5.72. The van der Waals surface area contributed by atoms with Crippen molar-refractivity contribution in [2.24, 2.45) is 0 Å². The van der Waals surface area contributed by atoms with E-state index in [2.05, 4.69) is 5.32 Å². The average Bonchev–Trinajstić information content (AvgIpc) is 2.23. The number of nitrogen functional groups attached to an aromatic ring is 1. The molecule has 104 valence electrons. The monoisotopic (exact) mass is 284 g/mol. The summed E-state index contributed by atoms with van der Waals surface area (Å²) in [7, 11) is 0. The minimum atomic E-state index is -0.654. The van der Waals surface area contributed by atoms with Crippen molar-refractivity contribution in [3.8, 4) is 0 Å². The molecule has 5 nitrogen and oxygen atoms in total. The summed E-state index contributed by atoms with van der Waals surface area (Å²) < 4.78 is 4.88. The summed E-state index contributed by atoms with van der Waals surface area (Å²) in [6, 6.07) is 4.44. The third kappa shape index (κ3) is 5.18. The summed E-state index contributed by atoms with van der Waals surface area (Å²) in [5.74, 6) is -1.02. The molecule has 0 aliphatic heterocycles. The molecule has 19 heavy (non-hydrogen) atoms. The highest BCUT2D eigenvalue weighted by atomic mass is 35.5. The van der Waals surface area contributed by atoms with Crippen molar-refractivity contribution in [2.45, 2.75) is 26.3 Å². The number of hydrogen-bond donors (Lipinski definition) is 2. The topological polar surface area (TPSA) is 81.4 Å². The van der Waals surface area contributed by atoms with E-state index < -0.39 is 5.97 Å². The molecular formula is C13H17ClN2O3. The first kappa shape index (κ1) is 15.3. The Labute approximate surface area is 117 Å². The maximum Gasteiger partial charge on any atom is 0.340 e. The normalized spacial score (nSPS) is 10.9. The number of esters is 1. The van der Waals surface area contributed by atoms with Gasteiger partial charge in [-0.1, -0.05) is 11.6 Å². The molecule has 0 aromatic heterocycles. The van der Waals surface area contributed by atoms with Gasteiger partial charge in [-0.2, -0.15) is 0 Å². The van der Waals surface area contributed by atoms with Gasteiger partial charge in [0, 0.05) is 16.2 Å². The van der Waals surface area contributed by atoms with E-state index in [1.807, 2.05) is 20.8 Å². The molecule has 0 atom stereocenters. The van der Waals surface area contributed by atoms with E-state index in [4.69, 9.17) is 22.1 Å². The van der Waals surface area contributed by atoms with Gasteiger partial charge in [-0.05, 0) is 39.0 Å². The molecule has 0 bridgehead atoms. The fourth-order valence-electron chi connectivity index (χ4n) is 1.38. The predicted molar refractivity (Wildman–Crippen MR) is 74.0 cm³/mol. The lowest BCUT2D eigenvalue weighted by atomic mass is 10.1. The van der Waals surface area contributed by atoms with Crippen LogP contribution in [-0.4, -0.2) is 24.0 Å². The highest BCUT2D eigenvalue weighted by Gasteiger charge is 2.17. The molecule has 0 heterocycles. The van der Waals surface area contributed by atoms with Crippen LogP contribution in [0.4, 0.5) is 5.69 Å². The van der Waals surface area contributed by atoms with E-state index in [-0.39, 0.29) is 29.3 Å². The van der Waals surface area contributed by atoms with Gasteiger partial charge < -0.3 is 15.8 Å². The number of halogens is 1. The van der Waals surface area contributed by atoms with Crippen molar-refractivity contribution in [1.82, 2.24) is 5.32 Å². The highest BCUT2D eigenvalue weighted by molar-refractivity contribution is 6.31. The molecule has 1 rings (SSSR count). The SMILES string of the molecule is CC(C)(C)NC(=O)COC(=O)c1ccc(Cl)cc1N. The number of nitrogens with two attached hydrogens (primary N) is 1. The van der Waals surface area contributed by atoms with Gasteiger partial charge in [0.25, 0.3) is 5.91 Å². The van der Waals surface area contributed by atoms with Crippen molar-refractivity contribution in [1.29, 1.82) is 0 Å². The smallest absolute Gasteiger partial charge is 0.340 e. The van der Waals surface area contributed by atoms with Gasteiger partial charge >= 0.3 is 5.97 Å². The van der Waals surface area contributed by atoms with Crippen molar-refractivity contribution >= 4 is 29.2 Å². The average molecular weight is 285 g/mol. The van der Waals surface area contributed by atoms with Crippen LogP contribution in [0.25, 0.3) is 0 Å². The molecule has 1 aromatic carbocycles. The van der Waals surface area contributed by atoms with Crippen LogP contribution in [0.1, 0.15) is 31.1 Å². The van der Waals surface area contributed by atoms with Gasteiger partial charge in [0.1, 0.15) is 0 Å². The minimum absolute atomic E-state index is 0.188. The Bertz CT molecular complexity index is 495. The fraction of sp³-hybridized carbons (Fsp3) is 0.385. The Morgan fingerprint density at radius 2 is 2.00 bits per heavy atom. The highest BCUT2D eigenvalue weighted by Crippen LogP contribution is 2.18. The van der Waals surface area contributed by atoms with Gasteiger partial charge in [0.05, 0.1) is 5.56 Å². The number of carbonyl (C=O) groups excluding carboxylic acids is 2. The zero-order chi connectivity index (χ0) is 14.6. The van der Waals surface area contributed by atoms with Crippen molar-refractivity contribution in [3.05, 3.63) is 28.8 Å². The standard InChI is InChI=1S/C13H17ClN2O3/c1-13(2,3)16-11(17)7-19-12(18)9-5-4-8(14)6-10(9)15/h4-6H,7,15H2,1-3H3,(H,16,17). The molecule has 6 heteroatoms. The minimum Gasteiger partial charge on any atom is -0.452 e. The largest absolute Gasteiger partial charge is 0.452 e. The summed E-state index contributed by atoms with van der Waals surface area (Å²) in [6.45, 7) is 5.16. The van der Waals surface area contributed by atoms with E-state index in [1.165, 1.54) is 18.2 Å². The van der Waals surface area contributed by atoms with E-state index in [1.54, 1.807) is 0 Å². The first-order valence-corrected chi connectivity index (χ1v) is 6.10. The number of hydrogen-bond acceptors (Lipinski definition) is 4. The van der Waals surface area contributed by atoms with Crippen LogP contribution in [0.15, 0.2) is 18.2 Å². The molecular weight excluding hydrogens is 268 g/mol. The van der Waals surface area contributed by atoms with Crippen LogP contribution in [0.2, 0.25) is 5.02 Å². The second-order valence-corrected chi connectivity index (χ2v) is 5.54. The number of amides is 1. The third-order valence-corrected chi connectivity index (χ3v) is 2.32. The summed E-state index contributed by atoms with van der Waals surface area (Å²) in [5.41, 5.74) is 5.68. The molecule has 0 spiro atoms. The molecule has 0 radical (unpaired) electrons. The summed E-state index contributed by atoms with van der Waals surface area (Å²) in [4.78, 5) is 23.2. The van der Waals surface area contributed by atoms with Crippen molar-refractivity contribution in [3.63, 3.8) is 0 Å². The van der Waals surface area contributed by atoms with Crippen molar-refractivity contribution in [2.75, 3.05) is 12.3 Å². The van der Waals surface area contributed by atoms with Crippen LogP contribution in [0.3, 0.4) is 0 Å². The number of ether oxygens (including phenoxy) is 1. The Morgan fingerprint density at radius 1 is 1.37 bits per heavy atom. The first-order chi connectivity index (χ1) is 8.69. The van der Waals surface area contributed by atoms with Gasteiger partial charge in [0.2, 0.25) is 0 Å². The summed E-state index contributed by atoms with van der Waals surface area (Å²) in [6.07, 6.45) is 0. The lowest BCUT2D eigenvalue weighted by molar-refractivity contribution is -0.125. The van der Waals surface area contributed by atoms with E-state index in [0.717, 1.165) is 0 Å². The van der Waals surface area contributed by atoms with Crippen LogP contribution >= 0.6 is 11.6 Å². The molecule has 0 saturated heterocycles. The van der Waals surface area contributed by atoms with Crippen LogP contribution in [-0.2, 0) is 9.53 Å². The molecule has 3 N–H and O–H groups in total. The van der Waals surface area contributed by atoms with Crippen LogP contribution in [0.5, 0.6) is 0 Å². The quantitative estimate of drug-likeness (QED) is 0.657. The van der Waals surface area contributed by atoms with Crippen molar-refractivity contribution < 1.29 is 14.3 Å². The maximum atomic E-state index is 11.7. The Balaban J connectivity index is 2.59. The zero-order valence-electron chi connectivity index (χ0n) is 11.1. The lowest BCUT2D eigenvalue weighted by Crippen LogP contribution is -2.42. The number of benzene rings is 1. The molecule has 0 unspecified atom stereocenters. The molecule has 0 aliphatic rings. The zero-order valence-corrected chi connectivity index (χ0v) is 11.9. The van der Waals surface area contributed by atoms with Gasteiger partial charge in [-0.3, -0.25) is 4.79 Å². The Morgan fingerprint density at radius 3 is 2.53 bits per heavy atom. The predicted octanol–water partition coefficient (Wildman–Crippen LogP) is 1.99.